The predicted molar refractivity (Wildman–Crippen MR) is 121 cm³/mol. The lowest BCUT2D eigenvalue weighted by atomic mass is 9.95. The topological polar surface area (TPSA) is 120 Å². The number of hydrogen-bond donors (Lipinski definition) is 2. The van der Waals surface area contributed by atoms with Gasteiger partial charge in [0.25, 0.3) is 0 Å². The predicted octanol–water partition coefficient (Wildman–Crippen LogP) is 4.34. The number of thiophene rings is 1. The number of esters is 1. The maximum atomic E-state index is 12.8. The summed E-state index contributed by atoms with van der Waals surface area (Å²) < 4.78 is 10.6. The Morgan fingerprint density at radius 2 is 1.81 bits per heavy atom. The van der Waals surface area contributed by atoms with E-state index in [1.807, 2.05) is 0 Å². The van der Waals surface area contributed by atoms with Crippen molar-refractivity contribution in [1.82, 2.24) is 10.2 Å². The Kier molecular flexibility index (Phi) is 8.27. The highest BCUT2D eigenvalue weighted by Gasteiger charge is 2.28. The first-order valence-electron chi connectivity index (χ1n) is 9.99. The number of amides is 2. The van der Waals surface area contributed by atoms with Crippen molar-refractivity contribution < 1.29 is 23.9 Å². The van der Waals surface area contributed by atoms with Gasteiger partial charge in [-0.2, -0.15) is 0 Å². The first-order chi connectivity index (χ1) is 14.9. The molecule has 0 aliphatic heterocycles. The molecule has 3 rings (SSSR count). The van der Waals surface area contributed by atoms with Gasteiger partial charge in [0, 0.05) is 4.88 Å². The lowest BCUT2D eigenvalue weighted by Gasteiger charge is -2.13. The number of thioether (sulfide) groups is 1. The maximum Gasteiger partial charge on any atom is 0.413 e. The summed E-state index contributed by atoms with van der Waals surface area (Å²) in [7, 11) is 0. The normalized spacial score (nSPS) is 13.8. The Morgan fingerprint density at radius 3 is 2.55 bits per heavy atom. The van der Waals surface area contributed by atoms with Gasteiger partial charge in [-0.05, 0) is 52.0 Å². The fraction of sp³-hybridized carbons (Fsp3) is 0.526. The number of aromatic nitrogens is 2. The Labute approximate surface area is 192 Å². The van der Waals surface area contributed by atoms with Gasteiger partial charge in [0.05, 0.1) is 24.0 Å². The molecular formula is C19H24N4O5S3. The molecule has 0 bridgehead atoms. The summed E-state index contributed by atoms with van der Waals surface area (Å²) in [4.78, 5) is 38.0. The first-order valence-corrected chi connectivity index (χ1v) is 12.5. The minimum atomic E-state index is -0.603. The van der Waals surface area contributed by atoms with E-state index in [1.54, 1.807) is 20.8 Å². The lowest BCUT2D eigenvalue weighted by molar-refractivity contribution is -0.115. The van der Waals surface area contributed by atoms with Crippen LogP contribution in [0.2, 0.25) is 0 Å². The molecule has 1 aliphatic carbocycles. The van der Waals surface area contributed by atoms with Gasteiger partial charge in [0.15, 0.2) is 4.34 Å². The number of aryl methyl sites for hydroxylation is 1. The van der Waals surface area contributed by atoms with Crippen molar-refractivity contribution in [3.05, 3.63) is 16.0 Å². The molecule has 1 aliphatic rings. The summed E-state index contributed by atoms with van der Waals surface area (Å²) in [6.07, 6.45) is 3.23. The van der Waals surface area contributed by atoms with Gasteiger partial charge in [0.1, 0.15) is 5.00 Å². The number of carbonyl (C=O) groups is 3. The molecule has 9 nitrogen and oxygen atoms in total. The van der Waals surface area contributed by atoms with E-state index in [2.05, 4.69) is 20.8 Å². The van der Waals surface area contributed by atoms with Crippen LogP contribution >= 0.6 is 34.4 Å². The molecule has 2 amide bonds. The molecule has 1 atom stereocenters. The van der Waals surface area contributed by atoms with Crippen molar-refractivity contribution in [2.45, 2.75) is 56.0 Å². The van der Waals surface area contributed by atoms with Crippen LogP contribution in [-0.4, -0.2) is 46.6 Å². The molecule has 168 valence electrons. The summed E-state index contributed by atoms with van der Waals surface area (Å²) in [5, 5.41) is 13.6. The fourth-order valence-corrected chi connectivity index (χ4v) is 6.22. The summed E-state index contributed by atoms with van der Waals surface area (Å²) in [5.41, 5.74) is 1.49. The number of ether oxygens (including phenoxy) is 2. The smallest absolute Gasteiger partial charge is 0.413 e. The second-order valence-corrected chi connectivity index (χ2v) is 10.3. The molecule has 0 radical (unpaired) electrons. The quantitative estimate of drug-likeness (QED) is 0.323. The van der Waals surface area contributed by atoms with E-state index in [4.69, 9.17) is 9.47 Å². The van der Waals surface area contributed by atoms with Crippen LogP contribution in [0, 0.1) is 0 Å². The molecule has 2 N–H and O–H groups in total. The van der Waals surface area contributed by atoms with Crippen molar-refractivity contribution in [2.75, 3.05) is 23.8 Å². The van der Waals surface area contributed by atoms with Crippen molar-refractivity contribution in [1.29, 1.82) is 0 Å². The first kappa shape index (κ1) is 23.5. The Hall–Kier alpha value is -2.18. The van der Waals surface area contributed by atoms with Crippen LogP contribution in [0.3, 0.4) is 0 Å². The van der Waals surface area contributed by atoms with Crippen molar-refractivity contribution in [2.24, 2.45) is 0 Å². The van der Waals surface area contributed by atoms with Gasteiger partial charge in [-0.1, -0.05) is 23.1 Å². The zero-order valence-electron chi connectivity index (χ0n) is 17.5. The van der Waals surface area contributed by atoms with E-state index >= 15 is 0 Å². The van der Waals surface area contributed by atoms with E-state index in [0.29, 0.717) is 20.0 Å². The molecule has 12 heteroatoms. The zero-order valence-corrected chi connectivity index (χ0v) is 19.9. The Bertz CT molecular complexity index is 958. The van der Waals surface area contributed by atoms with E-state index in [-0.39, 0.29) is 19.1 Å². The molecule has 0 aromatic carbocycles. The molecule has 2 heterocycles. The van der Waals surface area contributed by atoms with Gasteiger partial charge in [-0.3, -0.25) is 10.1 Å². The van der Waals surface area contributed by atoms with Crippen molar-refractivity contribution in [3.8, 4) is 0 Å². The summed E-state index contributed by atoms with van der Waals surface area (Å²) in [6.45, 7) is 5.75. The summed E-state index contributed by atoms with van der Waals surface area (Å²) in [5.74, 6) is -0.638. The van der Waals surface area contributed by atoms with Crippen LogP contribution in [0.1, 0.15) is 54.4 Å². The van der Waals surface area contributed by atoms with Crippen molar-refractivity contribution >= 4 is 62.5 Å². The zero-order chi connectivity index (χ0) is 22.4. The second-order valence-electron chi connectivity index (χ2n) is 6.60. The molecule has 0 saturated heterocycles. The molecule has 0 spiro atoms. The van der Waals surface area contributed by atoms with Crippen LogP contribution < -0.4 is 10.6 Å². The average molecular weight is 485 g/mol. The van der Waals surface area contributed by atoms with Crippen LogP contribution in [0.25, 0.3) is 0 Å². The number of rotatable bonds is 8. The maximum absolute atomic E-state index is 12.8. The SMILES string of the molecule is CCOC(=O)Nc1nnc(SC(C)C(=O)Nc2sc3c(c2C(=O)OCC)CCCC3)s1. The Morgan fingerprint density at radius 1 is 1.06 bits per heavy atom. The van der Waals surface area contributed by atoms with E-state index in [1.165, 1.54) is 23.1 Å². The van der Waals surface area contributed by atoms with Crippen LogP contribution in [0.15, 0.2) is 4.34 Å². The van der Waals surface area contributed by atoms with Crippen LogP contribution in [0.5, 0.6) is 0 Å². The number of nitrogens with zero attached hydrogens (tertiary/aromatic N) is 2. The van der Waals surface area contributed by atoms with Gasteiger partial charge < -0.3 is 14.8 Å². The molecular weight excluding hydrogens is 460 g/mol. The monoisotopic (exact) mass is 484 g/mol. The van der Waals surface area contributed by atoms with Gasteiger partial charge in [-0.25, -0.2) is 9.59 Å². The van der Waals surface area contributed by atoms with Gasteiger partial charge >= 0.3 is 12.1 Å². The third-order valence-electron chi connectivity index (χ3n) is 4.43. The summed E-state index contributed by atoms with van der Waals surface area (Å²) in [6, 6.07) is 0. The molecule has 2 aromatic heterocycles. The lowest BCUT2D eigenvalue weighted by Crippen LogP contribution is -2.23. The molecule has 1 unspecified atom stereocenters. The molecule has 0 fully saturated rings. The van der Waals surface area contributed by atoms with Gasteiger partial charge in [0.2, 0.25) is 11.0 Å². The standard InChI is InChI=1S/C19H24N4O5S3/c1-4-27-16(25)13-11-8-6-7-9-12(11)30-15(13)20-14(24)10(3)29-19-23-22-17(31-19)21-18(26)28-5-2/h10H,4-9H2,1-3H3,(H,20,24)(H,21,22,26). The number of nitrogens with one attached hydrogen (secondary N) is 2. The Balaban J connectivity index is 1.67. The minimum Gasteiger partial charge on any atom is -0.462 e. The van der Waals surface area contributed by atoms with Crippen LogP contribution in [0.4, 0.5) is 14.9 Å². The number of hydrogen-bond acceptors (Lipinski definition) is 10. The van der Waals surface area contributed by atoms with Gasteiger partial charge in [-0.15, -0.1) is 21.5 Å². The largest absolute Gasteiger partial charge is 0.462 e. The minimum absolute atomic E-state index is 0.246. The fourth-order valence-electron chi connectivity index (χ4n) is 3.05. The highest BCUT2D eigenvalue weighted by atomic mass is 32.2. The third kappa shape index (κ3) is 5.95. The summed E-state index contributed by atoms with van der Waals surface area (Å²) >= 11 is 3.83. The highest BCUT2D eigenvalue weighted by molar-refractivity contribution is 8.02. The molecule has 31 heavy (non-hydrogen) atoms. The van der Waals surface area contributed by atoms with E-state index in [0.717, 1.165) is 47.5 Å². The number of fused-ring (bicyclic) bond motifs is 1. The molecule has 0 saturated carbocycles. The van der Waals surface area contributed by atoms with E-state index < -0.39 is 17.3 Å². The number of anilines is 2. The highest BCUT2D eigenvalue weighted by Crippen LogP contribution is 2.39. The van der Waals surface area contributed by atoms with Crippen LogP contribution in [-0.2, 0) is 27.1 Å². The third-order valence-corrected chi connectivity index (χ3v) is 7.66. The second kappa shape index (κ2) is 10.9. The molecule has 2 aromatic rings. The number of carbonyl (C=O) groups excluding carboxylic acids is 3. The van der Waals surface area contributed by atoms with Crippen molar-refractivity contribution in [3.63, 3.8) is 0 Å². The average Bonchev–Trinajstić information content (AvgIpc) is 3.31. The van der Waals surface area contributed by atoms with E-state index in [9.17, 15) is 14.4 Å².